The van der Waals surface area contributed by atoms with Crippen LogP contribution in [0.2, 0.25) is 5.02 Å². The number of thiazole rings is 1. The Labute approximate surface area is 150 Å². The minimum absolute atomic E-state index is 0.261. The third kappa shape index (κ3) is 3.65. The summed E-state index contributed by atoms with van der Waals surface area (Å²) in [5.74, 6) is 0.00756. The molecule has 0 atom stereocenters. The summed E-state index contributed by atoms with van der Waals surface area (Å²) in [6, 6.07) is 10.9. The average Bonchev–Trinajstić information content (AvgIpc) is 3.11. The molecule has 0 unspecified atom stereocenters. The maximum atomic E-state index is 12.0. The van der Waals surface area contributed by atoms with Gasteiger partial charge in [0.25, 0.3) is 5.91 Å². The van der Waals surface area contributed by atoms with Crippen LogP contribution in [-0.2, 0) is 6.54 Å². The van der Waals surface area contributed by atoms with E-state index in [1.54, 1.807) is 12.1 Å². The molecule has 0 saturated heterocycles. The number of carbonyl (C=O) groups is 1. The first-order valence-corrected chi connectivity index (χ1v) is 8.78. The number of halogens is 2. The van der Waals surface area contributed by atoms with Crippen LogP contribution in [0.1, 0.15) is 21.1 Å². The maximum Gasteiger partial charge on any atom is 0.287 e. The van der Waals surface area contributed by atoms with Crippen LogP contribution in [0.4, 0.5) is 0 Å². The molecule has 0 spiro atoms. The summed E-state index contributed by atoms with van der Waals surface area (Å²) in [4.78, 5) is 17.5. The highest BCUT2D eigenvalue weighted by atomic mass is 79.9. The normalized spacial score (nSPS) is 10.7. The van der Waals surface area contributed by atoms with E-state index in [0.29, 0.717) is 16.2 Å². The van der Waals surface area contributed by atoms with Gasteiger partial charge in [0.15, 0.2) is 10.4 Å². The Morgan fingerprint density at radius 2 is 2.13 bits per heavy atom. The van der Waals surface area contributed by atoms with Gasteiger partial charge in [-0.15, -0.1) is 11.3 Å². The van der Waals surface area contributed by atoms with E-state index in [4.69, 9.17) is 16.0 Å². The minimum atomic E-state index is -0.261. The van der Waals surface area contributed by atoms with Crippen molar-refractivity contribution in [2.24, 2.45) is 0 Å². The molecule has 23 heavy (non-hydrogen) atoms. The van der Waals surface area contributed by atoms with Crippen LogP contribution in [0.15, 0.2) is 45.5 Å². The summed E-state index contributed by atoms with van der Waals surface area (Å²) in [5.41, 5.74) is 1.78. The molecule has 1 aromatic carbocycles. The Balaban J connectivity index is 1.74. The van der Waals surface area contributed by atoms with E-state index in [1.165, 1.54) is 11.3 Å². The quantitative estimate of drug-likeness (QED) is 0.653. The van der Waals surface area contributed by atoms with Crippen LogP contribution < -0.4 is 5.32 Å². The largest absolute Gasteiger partial charge is 0.444 e. The van der Waals surface area contributed by atoms with E-state index >= 15 is 0 Å². The third-order valence-corrected chi connectivity index (χ3v) is 5.15. The molecular weight excluding hydrogens is 400 g/mol. The number of amides is 1. The molecule has 2 aromatic heterocycles. The van der Waals surface area contributed by atoms with Gasteiger partial charge in [-0.05, 0) is 41.1 Å². The van der Waals surface area contributed by atoms with E-state index in [9.17, 15) is 4.79 Å². The topological polar surface area (TPSA) is 55.1 Å². The highest BCUT2D eigenvalue weighted by molar-refractivity contribution is 9.10. The van der Waals surface area contributed by atoms with Gasteiger partial charge in [-0.1, -0.05) is 29.8 Å². The molecule has 0 aliphatic carbocycles. The fraction of sp³-hybridized carbons (Fsp3) is 0.125. The fourth-order valence-corrected chi connectivity index (χ4v) is 3.66. The Hall–Kier alpha value is -1.63. The number of benzene rings is 1. The number of hydrogen-bond donors (Lipinski definition) is 1. The average molecular weight is 412 g/mol. The molecule has 118 valence electrons. The van der Waals surface area contributed by atoms with Gasteiger partial charge in [0.05, 0.1) is 17.3 Å². The number of carbonyl (C=O) groups excluding carboxylic acids is 1. The first kappa shape index (κ1) is 16.2. The van der Waals surface area contributed by atoms with Crippen molar-refractivity contribution in [1.29, 1.82) is 0 Å². The van der Waals surface area contributed by atoms with E-state index in [2.05, 4.69) is 26.2 Å². The predicted octanol–water partition coefficient (Wildman–Crippen LogP) is 5.06. The van der Waals surface area contributed by atoms with E-state index < -0.39 is 0 Å². The second-order valence-corrected chi connectivity index (χ2v) is 7.07. The number of rotatable bonds is 4. The van der Waals surface area contributed by atoms with Gasteiger partial charge < -0.3 is 9.73 Å². The highest BCUT2D eigenvalue weighted by Crippen LogP contribution is 2.32. The van der Waals surface area contributed by atoms with Crippen molar-refractivity contribution in [3.8, 4) is 10.6 Å². The number of hydrogen-bond acceptors (Lipinski definition) is 4. The molecule has 0 radical (unpaired) electrons. The standard InChI is InChI=1S/C16H12BrClN2O2S/c1-9-13(8-19-15(21)12-6-7-14(17)22-12)23-16(20-9)10-4-2-3-5-11(10)18/h2-7H,8H2,1H3,(H,19,21). The van der Waals surface area contributed by atoms with Crippen molar-refractivity contribution in [2.45, 2.75) is 13.5 Å². The smallest absolute Gasteiger partial charge is 0.287 e. The Morgan fingerprint density at radius 3 is 2.83 bits per heavy atom. The van der Waals surface area contributed by atoms with Crippen molar-refractivity contribution in [3.05, 3.63) is 62.4 Å². The summed E-state index contributed by atoms with van der Waals surface area (Å²) >= 11 is 10.9. The molecule has 3 aromatic rings. The number of furan rings is 1. The molecule has 0 fully saturated rings. The van der Waals surface area contributed by atoms with Gasteiger partial charge in [0.2, 0.25) is 0 Å². The van der Waals surface area contributed by atoms with Gasteiger partial charge in [0.1, 0.15) is 5.01 Å². The lowest BCUT2D eigenvalue weighted by Gasteiger charge is -2.01. The number of nitrogens with one attached hydrogen (secondary N) is 1. The van der Waals surface area contributed by atoms with Crippen LogP contribution in [0.5, 0.6) is 0 Å². The number of aromatic nitrogens is 1. The Kier molecular flexibility index (Phi) is 4.84. The zero-order valence-electron chi connectivity index (χ0n) is 12.1. The van der Waals surface area contributed by atoms with Crippen molar-refractivity contribution in [1.82, 2.24) is 10.3 Å². The SMILES string of the molecule is Cc1nc(-c2ccccc2Cl)sc1CNC(=O)c1ccc(Br)o1. The Morgan fingerprint density at radius 1 is 1.35 bits per heavy atom. The van der Waals surface area contributed by atoms with Gasteiger partial charge in [-0.25, -0.2) is 4.98 Å². The van der Waals surface area contributed by atoms with Crippen molar-refractivity contribution >= 4 is 44.8 Å². The molecule has 7 heteroatoms. The fourth-order valence-electron chi connectivity index (χ4n) is 2.03. The summed E-state index contributed by atoms with van der Waals surface area (Å²) in [7, 11) is 0. The molecule has 4 nitrogen and oxygen atoms in total. The van der Waals surface area contributed by atoms with Crippen LogP contribution >= 0.6 is 38.9 Å². The molecule has 0 aliphatic rings. The van der Waals surface area contributed by atoms with Gasteiger partial charge >= 0.3 is 0 Å². The van der Waals surface area contributed by atoms with E-state index in [-0.39, 0.29) is 11.7 Å². The van der Waals surface area contributed by atoms with Crippen LogP contribution in [0.3, 0.4) is 0 Å². The molecule has 1 amide bonds. The van der Waals surface area contributed by atoms with Crippen molar-refractivity contribution in [3.63, 3.8) is 0 Å². The zero-order valence-corrected chi connectivity index (χ0v) is 15.3. The molecule has 3 rings (SSSR count). The monoisotopic (exact) mass is 410 g/mol. The summed E-state index contributed by atoms with van der Waals surface area (Å²) < 4.78 is 5.75. The second kappa shape index (κ2) is 6.86. The lowest BCUT2D eigenvalue weighted by atomic mass is 10.2. The van der Waals surface area contributed by atoms with Crippen LogP contribution in [0.25, 0.3) is 10.6 Å². The summed E-state index contributed by atoms with van der Waals surface area (Å²) in [5, 5.41) is 4.34. The predicted molar refractivity (Wildman–Crippen MR) is 94.9 cm³/mol. The van der Waals surface area contributed by atoms with Gasteiger partial charge in [-0.2, -0.15) is 0 Å². The lowest BCUT2D eigenvalue weighted by Crippen LogP contribution is -2.22. The maximum absolute atomic E-state index is 12.0. The first-order chi connectivity index (χ1) is 11.0. The molecule has 0 aliphatic heterocycles. The summed E-state index contributed by atoms with van der Waals surface area (Å²) in [6.45, 7) is 2.31. The molecule has 0 saturated carbocycles. The summed E-state index contributed by atoms with van der Waals surface area (Å²) in [6.07, 6.45) is 0. The molecule has 2 heterocycles. The zero-order chi connectivity index (χ0) is 16.4. The van der Waals surface area contributed by atoms with Crippen LogP contribution in [0, 0.1) is 6.92 Å². The molecule has 1 N–H and O–H groups in total. The molecule has 0 bridgehead atoms. The highest BCUT2D eigenvalue weighted by Gasteiger charge is 2.14. The third-order valence-electron chi connectivity index (χ3n) is 3.20. The number of aryl methyl sites for hydroxylation is 1. The van der Waals surface area contributed by atoms with Crippen molar-refractivity contribution < 1.29 is 9.21 Å². The Bertz CT molecular complexity index is 859. The van der Waals surface area contributed by atoms with Gasteiger partial charge in [-0.3, -0.25) is 4.79 Å². The van der Waals surface area contributed by atoms with E-state index in [1.807, 2.05) is 31.2 Å². The van der Waals surface area contributed by atoms with E-state index in [0.717, 1.165) is 21.1 Å². The van der Waals surface area contributed by atoms with Crippen molar-refractivity contribution in [2.75, 3.05) is 0 Å². The second-order valence-electron chi connectivity index (χ2n) is 4.79. The first-order valence-electron chi connectivity index (χ1n) is 6.79. The lowest BCUT2D eigenvalue weighted by molar-refractivity contribution is 0.0922. The number of nitrogens with zero attached hydrogens (tertiary/aromatic N) is 1. The van der Waals surface area contributed by atoms with Crippen LogP contribution in [-0.4, -0.2) is 10.9 Å². The minimum Gasteiger partial charge on any atom is -0.444 e. The molecular formula is C16H12BrClN2O2S. The van der Waals surface area contributed by atoms with Gasteiger partial charge in [0, 0.05) is 10.4 Å².